The summed E-state index contributed by atoms with van der Waals surface area (Å²) < 4.78 is 0. The molecule has 0 bridgehead atoms. The third-order valence-corrected chi connectivity index (χ3v) is 5.16. The van der Waals surface area contributed by atoms with Gasteiger partial charge in [0, 0.05) is 24.0 Å². The van der Waals surface area contributed by atoms with Crippen molar-refractivity contribution in [3.05, 3.63) is 41.5 Å². The average Bonchev–Trinajstić information content (AvgIpc) is 3.06. The molecule has 0 atom stereocenters. The van der Waals surface area contributed by atoms with Crippen LogP contribution in [0.25, 0.3) is 21.3 Å². The minimum absolute atomic E-state index is 0.00799. The molecule has 3 aromatic rings. The van der Waals surface area contributed by atoms with Gasteiger partial charge in [-0.15, -0.1) is 11.3 Å². The maximum Gasteiger partial charge on any atom is 0.141 e. The first-order chi connectivity index (χ1) is 12.2. The molecule has 0 radical (unpaired) electrons. The molecular formula is C19H23N3O2S. The van der Waals surface area contributed by atoms with E-state index in [9.17, 15) is 10.2 Å². The van der Waals surface area contributed by atoms with E-state index in [0.29, 0.717) is 19.0 Å². The van der Waals surface area contributed by atoms with Crippen molar-refractivity contribution in [1.82, 2.24) is 9.97 Å². The quantitative estimate of drug-likeness (QED) is 0.679. The Labute approximate surface area is 151 Å². The molecule has 2 heterocycles. The van der Waals surface area contributed by atoms with E-state index in [-0.39, 0.29) is 13.2 Å². The van der Waals surface area contributed by atoms with Gasteiger partial charge in [-0.25, -0.2) is 9.97 Å². The Bertz CT molecular complexity index is 824. The monoisotopic (exact) mass is 357 g/mol. The van der Waals surface area contributed by atoms with Crippen molar-refractivity contribution in [3.8, 4) is 11.1 Å². The Hall–Kier alpha value is -2.02. The fourth-order valence-electron chi connectivity index (χ4n) is 2.92. The van der Waals surface area contributed by atoms with Gasteiger partial charge < -0.3 is 15.1 Å². The van der Waals surface area contributed by atoms with E-state index in [1.165, 1.54) is 5.56 Å². The fourth-order valence-corrected chi connectivity index (χ4v) is 3.83. The van der Waals surface area contributed by atoms with Gasteiger partial charge in [-0.3, -0.25) is 0 Å². The molecule has 5 nitrogen and oxygen atoms in total. The lowest BCUT2D eigenvalue weighted by Gasteiger charge is -2.22. The van der Waals surface area contributed by atoms with Crippen LogP contribution in [0, 0.1) is 0 Å². The number of nitrogens with zero attached hydrogens (tertiary/aromatic N) is 3. The molecule has 6 heteroatoms. The summed E-state index contributed by atoms with van der Waals surface area (Å²) in [4.78, 5) is 11.7. The zero-order chi connectivity index (χ0) is 17.8. The predicted molar refractivity (Wildman–Crippen MR) is 103 cm³/mol. The highest BCUT2D eigenvalue weighted by molar-refractivity contribution is 7.17. The van der Waals surface area contributed by atoms with Crippen LogP contribution in [0.3, 0.4) is 0 Å². The minimum atomic E-state index is 0.00799. The average molecular weight is 357 g/mol. The van der Waals surface area contributed by atoms with Crippen LogP contribution in [0.5, 0.6) is 0 Å². The number of aromatic nitrogens is 2. The normalized spacial score (nSPS) is 11.4. The number of hydrogen-bond donors (Lipinski definition) is 2. The Kier molecular flexibility index (Phi) is 5.63. The second kappa shape index (κ2) is 7.91. The molecule has 132 valence electrons. The van der Waals surface area contributed by atoms with E-state index >= 15 is 0 Å². The molecule has 0 aliphatic heterocycles. The second-order valence-electron chi connectivity index (χ2n) is 6.24. The van der Waals surface area contributed by atoms with Crippen LogP contribution in [0.4, 0.5) is 5.82 Å². The highest BCUT2D eigenvalue weighted by Crippen LogP contribution is 2.38. The van der Waals surface area contributed by atoms with Crippen molar-refractivity contribution in [2.45, 2.75) is 19.8 Å². The topological polar surface area (TPSA) is 69.5 Å². The fraction of sp³-hybridized carbons (Fsp3) is 0.368. The first-order valence-corrected chi connectivity index (χ1v) is 9.33. The van der Waals surface area contributed by atoms with E-state index in [2.05, 4.69) is 53.5 Å². The molecule has 0 saturated carbocycles. The van der Waals surface area contributed by atoms with Crippen LogP contribution >= 0.6 is 11.3 Å². The molecule has 3 rings (SSSR count). The van der Waals surface area contributed by atoms with Gasteiger partial charge in [0.25, 0.3) is 0 Å². The van der Waals surface area contributed by atoms with E-state index in [1.807, 2.05) is 4.90 Å². The van der Waals surface area contributed by atoms with Gasteiger partial charge in [0.1, 0.15) is 17.0 Å². The van der Waals surface area contributed by atoms with Crippen molar-refractivity contribution < 1.29 is 10.2 Å². The number of thiophene rings is 1. The van der Waals surface area contributed by atoms with E-state index < -0.39 is 0 Å². The number of aliphatic hydroxyl groups excluding tert-OH is 2. The highest BCUT2D eigenvalue weighted by atomic mass is 32.1. The predicted octanol–water partition coefficient (Wildman–Crippen LogP) is 3.27. The van der Waals surface area contributed by atoms with Crippen molar-refractivity contribution in [3.63, 3.8) is 0 Å². The lowest BCUT2D eigenvalue weighted by molar-refractivity contribution is 0.281. The maximum atomic E-state index is 9.35. The summed E-state index contributed by atoms with van der Waals surface area (Å²) in [6, 6.07) is 8.59. The number of fused-ring (bicyclic) bond motifs is 1. The van der Waals surface area contributed by atoms with Gasteiger partial charge in [-0.1, -0.05) is 38.1 Å². The summed E-state index contributed by atoms with van der Waals surface area (Å²) >= 11 is 1.58. The minimum Gasteiger partial charge on any atom is -0.395 e. The summed E-state index contributed by atoms with van der Waals surface area (Å²) in [6.07, 6.45) is 1.54. The molecular weight excluding hydrogens is 334 g/mol. The first-order valence-electron chi connectivity index (χ1n) is 8.45. The molecule has 0 aliphatic rings. The number of anilines is 1. The second-order valence-corrected chi connectivity index (χ2v) is 7.10. The number of benzene rings is 1. The Morgan fingerprint density at radius 1 is 1.04 bits per heavy atom. The third kappa shape index (κ3) is 3.66. The number of aliphatic hydroxyl groups is 2. The lowest BCUT2D eigenvalue weighted by Crippen LogP contribution is -2.30. The molecule has 0 fully saturated rings. The van der Waals surface area contributed by atoms with Crippen LogP contribution < -0.4 is 4.90 Å². The zero-order valence-corrected chi connectivity index (χ0v) is 15.3. The van der Waals surface area contributed by atoms with Crippen LogP contribution in [0.15, 0.2) is 36.0 Å². The van der Waals surface area contributed by atoms with Crippen molar-refractivity contribution in [1.29, 1.82) is 0 Å². The van der Waals surface area contributed by atoms with Gasteiger partial charge in [0.2, 0.25) is 0 Å². The standard InChI is InChI=1S/C19H23N3O2S/c1-13(2)14-3-5-15(6-4-14)16-11-25-19-17(16)18(20-12-21-19)22(7-9-23)8-10-24/h3-6,11-13,23-24H,7-10H2,1-2H3. The van der Waals surface area contributed by atoms with Crippen molar-refractivity contribution in [2.24, 2.45) is 0 Å². The summed E-state index contributed by atoms with van der Waals surface area (Å²) in [6.45, 7) is 5.23. The van der Waals surface area contributed by atoms with Crippen molar-refractivity contribution in [2.75, 3.05) is 31.2 Å². The van der Waals surface area contributed by atoms with Crippen LogP contribution in [0.1, 0.15) is 25.3 Å². The smallest absolute Gasteiger partial charge is 0.141 e. The Morgan fingerprint density at radius 3 is 2.32 bits per heavy atom. The zero-order valence-electron chi connectivity index (χ0n) is 14.5. The van der Waals surface area contributed by atoms with Gasteiger partial charge >= 0.3 is 0 Å². The Morgan fingerprint density at radius 2 is 1.72 bits per heavy atom. The number of rotatable bonds is 7. The summed E-state index contributed by atoms with van der Waals surface area (Å²) in [5, 5.41) is 21.8. The summed E-state index contributed by atoms with van der Waals surface area (Å²) in [5.74, 6) is 1.26. The van der Waals surface area contributed by atoms with Gasteiger partial charge in [0.15, 0.2) is 0 Å². The lowest BCUT2D eigenvalue weighted by atomic mass is 9.99. The first kappa shape index (κ1) is 17.8. The molecule has 25 heavy (non-hydrogen) atoms. The van der Waals surface area contributed by atoms with Gasteiger partial charge in [-0.05, 0) is 17.0 Å². The van der Waals surface area contributed by atoms with Crippen LogP contribution in [-0.2, 0) is 0 Å². The van der Waals surface area contributed by atoms with Gasteiger partial charge in [0.05, 0.1) is 18.6 Å². The molecule has 0 amide bonds. The maximum absolute atomic E-state index is 9.35. The molecule has 2 N–H and O–H groups in total. The van der Waals surface area contributed by atoms with E-state index in [1.54, 1.807) is 17.7 Å². The van der Waals surface area contributed by atoms with Crippen LogP contribution in [-0.4, -0.2) is 46.5 Å². The molecule has 2 aromatic heterocycles. The molecule has 0 spiro atoms. The third-order valence-electron chi connectivity index (χ3n) is 4.28. The highest BCUT2D eigenvalue weighted by Gasteiger charge is 2.17. The van der Waals surface area contributed by atoms with Crippen LogP contribution in [0.2, 0.25) is 0 Å². The molecule has 0 aliphatic carbocycles. The molecule has 1 aromatic carbocycles. The van der Waals surface area contributed by atoms with Gasteiger partial charge in [-0.2, -0.15) is 0 Å². The largest absolute Gasteiger partial charge is 0.395 e. The summed E-state index contributed by atoms with van der Waals surface area (Å²) in [7, 11) is 0. The number of hydrogen-bond acceptors (Lipinski definition) is 6. The molecule has 0 unspecified atom stereocenters. The van der Waals surface area contributed by atoms with E-state index in [0.717, 1.165) is 27.2 Å². The Balaban J connectivity index is 2.10. The SMILES string of the molecule is CC(C)c1ccc(-c2csc3ncnc(N(CCO)CCO)c23)cc1. The van der Waals surface area contributed by atoms with Crippen molar-refractivity contribution >= 4 is 27.4 Å². The van der Waals surface area contributed by atoms with E-state index in [4.69, 9.17) is 0 Å². The molecule has 0 saturated heterocycles. The summed E-state index contributed by atoms with van der Waals surface area (Å²) in [5.41, 5.74) is 3.52.